The first-order valence-electron chi connectivity index (χ1n) is 8.53. The highest BCUT2D eigenvalue weighted by Gasteiger charge is 2.18. The third-order valence-corrected chi connectivity index (χ3v) is 4.26. The van der Waals surface area contributed by atoms with Gasteiger partial charge in [-0.15, -0.1) is 0 Å². The fraction of sp³-hybridized carbons (Fsp3) is 0.333. The molecule has 1 aliphatic rings. The number of cyclic esters (lactones) is 1. The quantitative estimate of drug-likeness (QED) is 0.644. The summed E-state index contributed by atoms with van der Waals surface area (Å²) in [5.74, 6) is 1.16. The Morgan fingerprint density at radius 3 is 2.96 bits per heavy atom. The second-order valence-corrected chi connectivity index (χ2v) is 6.27. The predicted octanol–water partition coefficient (Wildman–Crippen LogP) is 2.98. The summed E-state index contributed by atoms with van der Waals surface area (Å²) in [6, 6.07) is 7.56. The molecule has 1 aromatic carbocycles. The van der Waals surface area contributed by atoms with E-state index in [9.17, 15) is 4.79 Å². The van der Waals surface area contributed by atoms with Crippen molar-refractivity contribution in [1.82, 2.24) is 25.5 Å². The maximum Gasteiger partial charge on any atom is 0.407 e. The fourth-order valence-corrected chi connectivity index (χ4v) is 2.89. The van der Waals surface area contributed by atoms with Gasteiger partial charge in [0.1, 0.15) is 11.4 Å². The molecule has 0 saturated heterocycles. The van der Waals surface area contributed by atoms with Gasteiger partial charge in [0.05, 0.1) is 17.3 Å². The molecule has 4 bridgehead atoms. The normalized spacial score (nSPS) is 20.6. The number of aromatic amines is 1. The van der Waals surface area contributed by atoms with Crippen LogP contribution in [0.25, 0.3) is 22.3 Å². The van der Waals surface area contributed by atoms with Gasteiger partial charge in [-0.25, -0.2) is 14.8 Å². The number of H-pyrrole nitrogens is 1. The lowest BCUT2D eigenvalue weighted by Gasteiger charge is -2.16. The van der Waals surface area contributed by atoms with Gasteiger partial charge in [0, 0.05) is 24.5 Å². The van der Waals surface area contributed by atoms with Crippen LogP contribution in [0.15, 0.2) is 30.5 Å². The van der Waals surface area contributed by atoms with E-state index in [0.29, 0.717) is 30.2 Å². The number of ether oxygens (including phenoxy) is 2. The molecule has 0 radical (unpaired) electrons. The Balaban J connectivity index is 1.82. The van der Waals surface area contributed by atoms with Gasteiger partial charge < -0.3 is 14.8 Å². The van der Waals surface area contributed by atoms with Crippen LogP contribution in [0.2, 0.25) is 0 Å². The second-order valence-electron chi connectivity index (χ2n) is 6.27. The highest BCUT2D eigenvalue weighted by Crippen LogP contribution is 2.29. The molecular weight excluding hydrogens is 334 g/mol. The number of hydrogen-bond donors (Lipinski definition) is 2. The zero-order chi connectivity index (χ0) is 18.1. The standard InChI is InChI=1S/C18H19N5O3/c1-10-5-7-20-18(24)26-11(2)17-19-8-6-15(21-17)16-13-9-12(25-10)3-4-14(13)22-23-16/h3-4,6,8-11H,5,7H2,1-2H3,(H,20,24)(H,22,23)/t10-,11+/m1/s1. The lowest BCUT2D eigenvalue weighted by Crippen LogP contribution is -2.29. The molecule has 3 aromatic rings. The zero-order valence-electron chi connectivity index (χ0n) is 14.5. The fourth-order valence-electron chi connectivity index (χ4n) is 2.89. The summed E-state index contributed by atoms with van der Waals surface area (Å²) < 4.78 is 11.3. The molecule has 3 heterocycles. The molecule has 8 heteroatoms. The van der Waals surface area contributed by atoms with E-state index in [1.807, 2.05) is 25.1 Å². The number of hydrogen-bond acceptors (Lipinski definition) is 6. The number of rotatable bonds is 0. The van der Waals surface area contributed by atoms with Crippen molar-refractivity contribution in [3.63, 3.8) is 0 Å². The number of carbonyl (C=O) groups is 1. The van der Waals surface area contributed by atoms with Gasteiger partial charge in [0.2, 0.25) is 0 Å². The van der Waals surface area contributed by atoms with Gasteiger partial charge in [-0.05, 0) is 38.1 Å². The van der Waals surface area contributed by atoms with E-state index in [0.717, 1.165) is 16.7 Å². The van der Waals surface area contributed by atoms with E-state index in [2.05, 4.69) is 25.5 Å². The van der Waals surface area contributed by atoms with Crippen molar-refractivity contribution in [3.8, 4) is 17.1 Å². The Bertz CT molecular complexity index is 955. The summed E-state index contributed by atoms with van der Waals surface area (Å²) in [6.07, 6.45) is 1.15. The van der Waals surface area contributed by atoms with Crippen LogP contribution in [0.5, 0.6) is 5.75 Å². The number of fused-ring (bicyclic) bond motifs is 4. The summed E-state index contributed by atoms with van der Waals surface area (Å²) >= 11 is 0. The van der Waals surface area contributed by atoms with Gasteiger partial charge in [-0.3, -0.25) is 5.10 Å². The van der Waals surface area contributed by atoms with E-state index in [-0.39, 0.29) is 6.10 Å². The SMILES string of the molecule is C[C@@H]1CCNC(=O)O[C@@H](C)c2nccc(n2)-c2n[nH]c3ccc(cc23)O1. The molecule has 2 N–H and O–H groups in total. The van der Waals surface area contributed by atoms with Crippen LogP contribution in [0.1, 0.15) is 32.2 Å². The van der Waals surface area contributed by atoms with E-state index < -0.39 is 12.2 Å². The van der Waals surface area contributed by atoms with Crippen LogP contribution in [0.3, 0.4) is 0 Å². The monoisotopic (exact) mass is 353 g/mol. The molecule has 2 atom stereocenters. The molecule has 134 valence electrons. The number of nitrogens with zero attached hydrogens (tertiary/aromatic N) is 3. The molecule has 0 spiro atoms. The van der Waals surface area contributed by atoms with E-state index >= 15 is 0 Å². The number of amides is 1. The molecule has 26 heavy (non-hydrogen) atoms. The van der Waals surface area contributed by atoms with Crippen LogP contribution in [-0.4, -0.2) is 38.9 Å². The van der Waals surface area contributed by atoms with Crippen molar-refractivity contribution >= 4 is 17.0 Å². The van der Waals surface area contributed by atoms with E-state index in [1.54, 1.807) is 19.2 Å². The molecule has 4 rings (SSSR count). The average molecular weight is 353 g/mol. The van der Waals surface area contributed by atoms with Crippen LogP contribution in [0, 0.1) is 0 Å². The van der Waals surface area contributed by atoms with Crippen molar-refractivity contribution in [2.45, 2.75) is 32.5 Å². The average Bonchev–Trinajstić information content (AvgIpc) is 3.04. The van der Waals surface area contributed by atoms with Crippen molar-refractivity contribution in [3.05, 3.63) is 36.3 Å². The first-order valence-corrected chi connectivity index (χ1v) is 8.53. The molecule has 1 aliphatic heterocycles. The molecule has 0 fully saturated rings. The Morgan fingerprint density at radius 2 is 2.08 bits per heavy atom. The van der Waals surface area contributed by atoms with E-state index in [4.69, 9.17) is 9.47 Å². The number of benzene rings is 1. The number of alkyl carbamates (subject to hydrolysis) is 1. The maximum atomic E-state index is 11.9. The van der Waals surface area contributed by atoms with Gasteiger partial charge in [0.25, 0.3) is 0 Å². The lowest BCUT2D eigenvalue weighted by molar-refractivity contribution is 0.101. The van der Waals surface area contributed by atoms with Crippen LogP contribution in [0.4, 0.5) is 4.79 Å². The highest BCUT2D eigenvalue weighted by molar-refractivity contribution is 5.92. The largest absolute Gasteiger partial charge is 0.491 e. The lowest BCUT2D eigenvalue weighted by atomic mass is 10.1. The molecule has 0 saturated carbocycles. The Hall–Kier alpha value is -3.16. The molecule has 0 aliphatic carbocycles. The molecule has 0 unspecified atom stereocenters. The smallest absolute Gasteiger partial charge is 0.407 e. The Kier molecular flexibility index (Phi) is 4.16. The number of aromatic nitrogens is 4. The van der Waals surface area contributed by atoms with Crippen molar-refractivity contribution in [2.75, 3.05) is 6.54 Å². The van der Waals surface area contributed by atoms with Gasteiger partial charge >= 0.3 is 6.09 Å². The summed E-state index contributed by atoms with van der Waals surface area (Å²) in [5, 5.41) is 11.0. The van der Waals surface area contributed by atoms with Crippen molar-refractivity contribution in [2.24, 2.45) is 0 Å². The first kappa shape index (κ1) is 16.3. The van der Waals surface area contributed by atoms with Crippen LogP contribution in [-0.2, 0) is 4.74 Å². The Labute approximate surface area is 149 Å². The van der Waals surface area contributed by atoms with Crippen LogP contribution >= 0.6 is 0 Å². The van der Waals surface area contributed by atoms with Gasteiger partial charge in [-0.1, -0.05) is 0 Å². The topological polar surface area (TPSA) is 102 Å². The summed E-state index contributed by atoms with van der Waals surface area (Å²) in [5.41, 5.74) is 2.25. The highest BCUT2D eigenvalue weighted by atomic mass is 16.6. The number of carbonyl (C=O) groups excluding carboxylic acids is 1. The zero-order valence-corrected chi connectivity index (χ0v) is 14.5. The third-order valence-electron chi connectivity index (χ3n) is 4.26. The number of nitrogens with one attached hydrogen (secondary N) is 2. The predicted molar refractivity (Wildman–Crippen MR) is 94.7 cm³/mol. The summed E-state index contributed by atoms with van der Waals surface area (Å²) in [6.45, 7) is 4.15. The van der Waals surface area contributed by atoms with Gasteiger partial charge in [0.15, 0.2) is 11.9 Å². The molecule has 2 aromatic heterocycles. The van der Waals surface area contributed by atoms with E-state index in [1.165, 1.54) is 0 Å². The summed E-state index contributed by atoms with van der Waals surface area (Å²) in [7, 11) is 0. The first-order chi connectivity index (χ1) is 12.6. The maximum absolute atomic E-state index is 11.9. The summed E-state index contributed by atoms with van der Waals surface area (Å²) in [4.78, 5) is 20.7. The Morgan fingerprint density at radius 1 is 1.19 bits per heavy atom. The molecule has 8 nitrogen and oxygen atoms in total. The minimum Gasteiger partial charge on any atom is -0.491 e. The second kappa shape index (κ2) is 6.62. The van der Waals surface area contributed by atoms with Gasteiger partial charge in [-0.2, -0.15) is 5.10 Å². The van der Waals surface area contributed by atoms with Crippen LogP contribution < -0.4 is 10.1 Å². The molecular formula is C18H19N5O3. The minimum absolute atomic E-state index is 0.0634. The van der Waals surface area contributed by atoms with Crippen molar-refractivity contribution in [1.29, 1.82) is 0 Å². The third kappa shape index (κ3) is 3.17. The van der Waals surface area contributed by atoms with Crippen molar-refractivity contribution < 1.29 is 14.3 Å². The minimum atomic E-state index is -0.575. The molecule has 1 amide bonds.